The van der Waals surface area contributed by atoms with Crippen LogP contribution in [0.1, 0.15) is 29.9 Å². The molecule has 0 aliphatic rings. The normalized spacial score (nSPS) is 9.18. The Bertz CT molecular complexity index is 357. The van der Waals surface area contributed by atoms with Crippen molar-refractivity contribution in [3.05, 3.63) is 29.6 Å². The van der Waals surface area contributed by atoms with Crippen LogP contribution >= 0.6 is 11.6 Å². The van der Waals surface area contributed by atoms with Crippen LogP contribution < -0.4 is 0 Å². The number of hydrogen-bond acceptors (Lipinski definition) is 2. The highest BCUT2D eigenvalue weighted by Gasteiger charge is 2.32. The molecule has 0 amide bonds. The Kier molecular flexibility index (Phi) is 9.02. The predicted octanol–water partition coefficient (Wildman–Crippen LogP) is 3.76. The third-order valence-corrected chi connectivity index (χ3v) is 1.50. The molecule has 0 radical (unpaired) electrons. The standard InChI is InChI=1S/C7H3ClF3NO.C2H6.C2H2/c8-6(13)4-1-2-5(12-3-4)7(9,10)11;2*1-2/h1-3H;1-2H3;1-2H. The summed E-state index contributed by atoms with van der Waals surface area (Å²) in [5.41, 5.74) is -1.11. The molecule has 0 aromatic carbocycles. The number of pyridine rings is 1. The summed E-state index contributed by atoms with van der Waals surface area (Å²) in [6.07, 6.45) is 4.30. The lowest BCUT2D eigenvalue weighted by Crippen LogP contribution is -2.08. The van der Waals surface area contributed by atoms with E-state index in [0.29, 0.717) is 6.07 Å². The van der Waals surface area contributed by atoms with Gasteiger partial charge in [0.2, 0.25) is 0 Å². The molecular weight excluding hydrogens is 255 g/mol. The zero-order chi connectivity index (χ0) is 14.1. The molecule has 0 saturated carbocycles. The van der Waals surface area contributed by atoms with E-state index < -0.39 is 17.1 Å². The van der Waals surface area contributed by atoms with Crippen molar-refractivity contribution in [3.63, 3.8) is 0 Å². The summed E-state index contributed by atoms with van der Waals surface area (Å²) >= 11 is 5.01. The van der Waals surface area contributed by atoms with Crippen molar-refractivity contribution < 1.29 is 18.0 Å². The van der Waals surface area contributed by atoms with Gasteiger partial charge < -0.3 is 0 Å². The van der Waals surface area contributed by atoms with Crippen molar-refractivity contribution in [2.45, 2.75) is 20.0 Å². The number of aromatic nitrogens is 1. The van der Waals surface area contributed by atoms with Gasteiger partial charge in [-0.2, -0.15) is 13.2 Å². The predicted molar refractivity (Wildman–Crippen MR) is 60.7 cm³/mol. The van der Waals surface area contributed by atoms with Gasteiger partial charge in [0, 0.05) is 6.20 Å². The second kappa shape index (κ2) is 8.59. The lowest BCUT2D eigenvalue weighted by molar-refractivity contribution is -0.141. The van der Waals surface area contributed by atoms with Crippen LogP contribution in [-0.2, 0) is 6.18 Å². The fourth-order valence-electron chi connectivity index (χ4n) is 0.678. The van der Waals surface area contributed by atoms with Crippen LogP contribution in [0.3, 0.4) is 0 Å². The first-order valence-corrected chi connectivity index (χ1v) is 4.85. The Hall–Kier alpha value is -1.54. The molecule has 1 rings (SSSR count). The van der Waals surface area contributed by atoms with Crippen molar-refractivity contribution in [2.24, 2.45) is 0 Å². The van der Waals surface area contributed by atoms with Gasteiger partial charge in [0.05, 0.1) is 5.56 Å². The molecule has 0 atom stereocenters. The summed E-state index contributed by atoms with van der Waals surface area (Å²) in [5, 5.41) is -0.832. The Labute approximate surface area is 103 Å². The highest BCUT2D eigenvalue weighted by Crippen LogP contribution is 2.27. The van der Waals surface area contributed by atoms with Crippen LogP contribution in [-0.4, -0.2) is 10.2 Å². The maximum atomic E-state index is 11.9. The topological polar surface area (TPSA) is 30.0 Å². The monoisotopic (exact) mass is 265 g/mol. The summed E-state index contributed by atoms with van der Waals surface area (Å²) in [5.74, 6) is 0. The first-order valence-electron chi connectivity index (χ1n) is 4.47. The highest BCUT2D eigenvalue weighted by atomic mass is 35.5. The summed E-state index contributed by atoms with van der Waals surface area (Å²) in [6.45, 7) is 4.00. The fourth-order valence-corrected chi connectivity index (χ4v) is 0.790. The molecular formula is C11H11ClF3NO. The molecule has 0 N–H and O–H groups in total. The Morgan fingerprint density at radius 2 is 1.76 bits per heavy atom. The Morgan fingerprint density at radius 3 is 2.00 bits per heavy atom. The van der Waals surface area contributed by atoms with Crippen molar-refractivity contribution >= 4 is 16.8 Å². The minimum Gasteiger partial charge on any atom is -0.276 e. The van der Waals surface area contributed by atoms with Crippen molar-refractivity contribution in [3.8, 4) is 12.8 Å². The molecule has 1 aromatic rings. The van der Waals surface area contributed by atoms with E-state index >= 15 is 0 Å². The third-order valence-electron chi connectivity index (χ3n) is 1.28. The van der Waals surface area contributed by atoms with Gasteiger partial charge in [-0.3, -0.25) is 9.78 Å². The molecule has 1 aromatic heterocycles. The van der Waals surface area contributed by atoms with Gasteiger partial charge in [0.1, 0.15) is 5.69 Å². The van der Waals surface area contributed by atoms with E-state index in [-0.39, 0.29) is 5.56 Å². The number of halogens is 4. The Morgan fingerprint density at radius 1 is 1.29 bits per heavy atom. The van der Waals surface area contributed by atoms with Crippen LogP contribution in [0.4, 0.5) is 13.2 Å². The summed E-state index contributed by atoms with van der Waals surface area (Å²) < 4.78 is 35.8. The van der Waals surface area contributed by atoms with Crippen molar-refractivity contribution in [1.29, 1.82) is 0 Å². The zero-order valence-corrected chi connectivity index (χ0v) is 10.0. The molecule has 0 bridgehead atoms. The van der Waals surface area contributed by atoms with Crippen LogP contribution in [0.2, 0.25) is 0 Å². The van der Waals surface area contributed by atoms with E-state index in [4.69, 9.17) is 11.6 Å². The van der Waals surface area contributed by atoms with Crippen LogP contribution in [0.15, 0.2) is 18.3 Å². The third kappa shape index (κ3) is 6.59. The Balaban J connectivity index is 0. The molecule has 0 fully saturated rings. The van der Waals surface area contributed by atoms with E-state index in [1.54, 1.807) is 0 Å². The minimum absolute atomic E-state index is 0.0605. The van der Waals surface area contributed by atoms with E-state index in [1.807, 2.05) is 13.8 Å². The second-order valence-corrected chi connectivity index (χ2v) is 2.55. The molecule has 0 unspecified atom stereocenters. The molecule has 0 spiro atoms. The van der Waals surface area contributed by atoms with Crippen LogP contribution in [0.5, 0.6) is 0 Å². The number of terminal acetylenes is 1. The average molecular weight is 266 g/mol. The second-order valence-electron chi connectivity index (χ2n) is 2.20. The lowest BCUT2D eigenvalue weighted by Gasteiger charge is -2.04. The summed E-state index contributed by atoms with van der Waals surface area (Å²) in [7, 11) is 0. The maximum Gasteiger partial charge on any atom is 0.433 e. The smallest absolute Gasteiger partial charge is 0.276 e. The zero-order valence-electron chi connectivity index (χ0n) is 9.25. The van der Waals surface area contributed by atoms with E-state index in [2.05, 4.69) is 17.8 Å². The van der Waals surface area contributed by atoms with Gasteiger partial charge in [0.25, 0.3) is 5.24 Å². The SMILES string of the molecule is C#C.CC.O=C(Cl)c1ccc(C(F)(F)F)nc1. The molecule has 2 nitrogen and oxygen atoms in total. The highest BCUT2D eigenvalue weighted by molar-refractivity contribution is 6.67. The van der Waals surface area contributed by atoms with Gasteiger partial charge in [-0.25, -0.2) is 0 Å². The number of alkyl halides is 3. The fraction of sp³-hybridized carbons (Fsp3) is 0.273. The number of rotatable bonds is 1. The molecule has 1 heterocycles. The maximum absolute atomic E-state index is 11.9. The van der Waals surface area contributed by atoms with Gasteiger partial charge in [-0.1, -0.05) is 13.8 Å². The first kappa shape index (κ1) is 17.8. The largest absolute Gasteiger partial charge is 0.433 e. The number of nitrogens with zero attached hydrogens (tertiary/aromatic N) is 1. The lowest BCUT2D eigenvalue weighted by atomic mass is 10.2. The first-order chi connectivity index (χ1) is 7.91. The molecule has 17 heavy (non-hydrogen) atoms. The number of carbonyl (C=O) groups is 1. The number of carbonyl (C=O) groups excluding carboxylic acids is 1. The van der Waals surface area contributed by atoms with Gasteiger partial charge in [-0.05, 0) is 23.7 Å². The molecule has 0 aliphatic carbocycles. The van der Waals surface area contributed by atoms with E-state index in [1.165, 1.54) is 0 Å². The number of hydrogen-bond donors (Lipinski definition) is 0. The molecule has 94 valence electrons. The van der Waals surface area contributed by atoms with E-state index in [9.17, 15) is 18.0 Å². The average Bonchev–Trinajstić information content (AvgIpc) is 2.33. The van der Waals surface area contributed by atoms with Gasteiger partial charge >= 0.3 is 6.18 Å². The van der Waals surface area contributed by atoms with Crippen LogP contribution in [0.25, 0.3) is 0 Å². The van der Waals surface area contributed by atoms with E-state index in [0.717, 1.165) is 12.3 Å². The van der Waals surface area contributed by atoms with Gasteiger partial charge in [0.15, 0.2) is 0 Å². The molecule has 0 saturated heterocycles. The quantitative estimate of drug-likeness (QED) is 0.572. The van der Waals surface area contributed by atoms with Gasteiger partial charge in [-0.15, -0.1) is 12.8 Å². The van der Waals surface area contributed by atoms with Crippen molar-refractivity contribution in [2.75, 3.05) is 0 Å². The summed E-state index contributed by atoms with van der Waals surface area (Å²) in [4.78, 5) is 13.5. The summed E-state index contributed by atoms with van der Waals surface area (Å²) in [6, 6.07) is 1.68. The molecule has 0 aliphatic heterocycles. The molecule has 6 heteroatoms. The van der Waals surface area contributed by atoms with Crippen LogP contribution in [0, 0.1) is 12.8 Å². The minimum atomic E-state index is -4.49. The van der Waals surface area contributed by atoms with Crippen molar-refractivity contribution in [1.82, 2.24) is 4.98 Å².